The SMILES string of the molecule is Cc1cc(C(N)=S)cc(C)c1OC(C)C(=O)NC(C)(C)C. The molecule has 4 nitrogen and oxygen atoms in total. The van der Waals surface area contributed by atoms with E-state index in [-0.39, 0.29) is 11.4 Å². The summed E-state index contributed by atoms with van der Waals surface area (Å²) in [6, 6.07) is 3.75. The number of amides is 1. The molecule has 1 atom stereocenters. The molecule has 0 bridgehead atoms. The second kappa shape index (κ2) is 6.43. The number of carbonyl (C=O) groups excluding carboxylic acids is 1. The molecule has 3 N–H and O–H groups in total. The van der Waals surface area contributed by atoms with Crippen molar-refractivity contribution in [3.63, 3.8) is 0 Å². The molecule has 1 unspecified atom stereocenters. The van der Waals surface area contributed by atoms with E-state index in [0.717, 1.165) is 16.7 Å². The molecular formula is C16H24N2O2S. The minimum absolute atomic E-state index is 0.139. The Morgan fingerprint density at radius 2 is 1.76 bits per heavy atom. The third kappa shape index (κ3) is 5.01. The van der Waals surface area contributed by atoms with E-state index in [1.807, 2.05) is 46.8 Å². The third-order valence-corrected chi connectivity index (χ3v) is 3.14. The number of nitrogens with one attached hydrogen (secondary N) is 1. The van der Waals surface area contributed by atoms with Crippen molar-refractivity contribution < 1.29 is 9.53 Å². The maximum Gasteiger partial charge on any atom is 0.261 e. The molecule has 0 aromatic heterocycles. The van der Waals surface area contributed by atoms with Gasteiger partial charge in [0.25, 0.3) is 5.91 Å². The first kappa shape index (κ1) is 17.4. The molecule has 0 saturated heterocycles. The highest BCUT2D eigenvalue weighted by Crippen LogP contribution is 2.26. The summed E-state index contributed by atoms with van der Waals surface area (Å²) in [5, 5.41) is 2.90. The van der Waals surface area contributed by atoms with Crippen molar-refractivity contribution in [1.29, 1.82) is 0 Å². The van der Waals surface area contributed by atoms with E-state index in [4.69, 9.17) is 22.7 Å². The summed E-state index contributed by atoms with van der Waals surface area (Å²) < 4.78 is 5.82. The molecule has 116 valence electrons. The molecule has 0 radical (unpaired) electrons. The standard InChI is InChI=1S/C16H24N2O2S/c1-9-7-12(14(17)21)8-10(2)13(9)20-11(3)15(19)18-16(4,5)6/h7-8,11H,1-6H3,(H2,17,21)(H,18,19). The number of nitrogens with two attached hydrogens (primary N) is 1. The van der Waals surface area contributed by atoms with E-state index in [2.05, 4.69) is 5.32 Å². The summed E-state index contributed by atoms with van der Waals surface area (Å²) in [6.45, 7) is 11.4. The minimum atomic E-state index is -0.572. The maximum atomic E-state index is 12.1. The van der Waals surface area contributed by atoms with Gasteiger partial charge >= 0.3 is 0 Å². The Labute approximate surface area is 132 Å². The maximum absolute atomic E-state index is 12.1. The quantitative estimate of drug-likeness (QED) is 0.839. The number of aryl methyl sites for hydroxylation is 2. The zero-order chi connectivity index (χ0) is 16.4. The Morgan fingerprint density at radius 1 is 1.29 bits per heavy atom. The van der Waals surface area contributed by atoms with E-state index in [0.29, 0.717) is 10.7 Å². The van der Waals surface area contributed by atoms with Gasteiger partial charge in [-0.1, -0.05) is 12.2 Å². The zero-order valence-electron chi connectivity index (χ0n) is 13.5. The summed E-state index contributed by atoms with van der Waals surface area (Å²) in [5.74, 6) is 0.561. The van der Waals surface area contributed by atoms with Crippen LogP contribution in [-0.4, -0.2) is 22.5 Å². The first-order valence-corrected chi connectivity index (χ1v) is 7.32. The van der Waals surface area contributed by atoms with E-state index in [1.54, 1.807) is 6.92 Å². The third-order valence-electron chi connectivity index (χ3n) is 2.91. The van der Waals surface area contributed by atoms with Crippen LogP contribution in [0.25, 0.3) is 0 Å². The Balaban J connectivity index is 2.93. The Hall–Kier alpha value is -1.62. The highest BCUT2D eigenvalue weighted by molar-refractivity contribution is 7.80. The monoisotopic (exact) mass is 308 g/mol. The first-order chi connectivity index (χ1) is 9.51. The van der Waals surface area contributed by atoms with Gasteiger partial charge in [-0.05, 0) is 64.8 Å². The topological polar surface area (TPSA) is 64.3 Å². The molecule has 0 aliphatic carbocycles. The predicted octanol–water partition coefficient (Wildman–Crippen LogP) is 2.62. The first-order valence-electron chi connectivity index (χ1n) is 6.91. The van der Waals surface area contributed by atoms with Crippen LogP contribution in [0.1, 0.15) is 44.4 Å². The van der Waals surface area contributed by atoms with Crippen molar-refractivity contribution in [2.75, 3.05) is 0 Å². The van der Waals surface area contributed by atoms with Crippen LogP contribution in [0.3, 0.4) is 0 Å². The molecule has 0 heterocycles. The number of hydrogen-bond donors (Lipinski definition) is 2. The largest absolute Gasteiger partial charge is 0.480 e. The van der Waals surface area contributed by atoms with Crippen LogP contribution in [-0.2, 0) is 4.79 Å². The lowest BCUT2D eigenvalue weighted by atomic mass is 10.1. The molecular weight excluding hydrogens is 284 g/mol. The van der Waals surface area contributed by atoms with Crippen molar-refractivity contribution in [1.82, 2.24) is 5.32 Å². The molecule has 5 heteroatoms. The number of benzene rings is 1. The lowest BCUT2D eigenvalue weighted by Gasteiger charge is -2.24. The highest BCUT2D eigenvalue weighted by Gasteiger charge is 2.21. The lowest BCUT2D eigenvalue weighted by molar-refractivity contribution is -0.128. The summed E-state index contributed by atoms with van der Waals surface area (Å²) in [5.41, 5.74) is 7.99. The van der Waals surface area contributed by atoms with Gasteiger partial charge in [-0.2, -0.15) is 0 Å². The molecule has 0 aliphatic rings. The van der Waals surface area contributed by atoms with Crippen LogP contribution in [0.2, 0.25) is 0 Å². The van der Waals surface area contributed by atoms with Crippen molar-refractivity contribution in [2.24, 2.45) is 5.73 Å². The second-order valence-corrected chi connectivity index (χ2v) is 6.74. The highest BCUT2D eigenvalue weighted by atomic mass is 32.1. The number of ether oxygens (including phenoxy) is 1. The predicted molar refractivity (Wildman–Crippen MR) is 89.8 cm³/mol. The van der Waals surface area contributed by atoms with Crippen LogP contribution in [0.4, 0.5) is 0 Å². The van der Waals surface area contributed by atoms with E-state index in [1.165, 1.54) is 0 Å². The van der Waals surface area contributed by atoms with Gasteiger partial charge in [0.15, 0.2) is 6.10 Å². The van der Waals surface area contributed by atoms with Gasteiger partial charge in [0.1, 0.15) is 10.7 Å². The number of hydrogen-bond acceptors (Lipinski definition) is 3. The van der Waals surface area contributed by atoms with Gasteiger partial charge < -0.3 is 15.8 Å². The summed E-state index contributed by atoms with van der Waals surface area (Å²) in [6.07, 6.45) is -0.572. The Morgan fingerprint density at radius 3 is 2.14 bits per heavy atom. The molecule has 1 aromatic carbocycles. The van der Waals surface area contributed by atoms with Crippen molar-refractivity contribution in [2.45, 2.75) is 53.2 Å². The normalized spacial score (nSPS) is 12.7. The minimum Gasteiger partial charge on any atom is -0.480 e. The van der Waals surface area contributed by atoms with Gasteiger partial charge in [-0.25, -0.2) is 0 Å². The number of rotatable bonds is 4. The van der Waals surface area contributed by atoms with Crippen molar-refractivity contribution in [3.8, 4) is 5.75 Å². The van der Waals surface area contributed by atoms with Gasteiger partial charge in [0.2, 0.25) is 0 Å². The van der Waals surface area contributed by atoms with Crippen molar-refractivity contribution >= 4 is 23.1 Å². The Bertz CT molecular complexity index is 539. The smallest absolute Gasteiger partial charge is 0.261 e. The molecule has 1 aromatic rings. The fraction of sp³-hybridized carbons (Fsp3) is 0.500. The molecule has 0 spiro atoms. The number of carbonyl (C=O) groups is 1. The van der Waals surface area contributed by atoms with Gasteiger partial charge in [0.05, 0.1) is 0 Å². The Kier molecular flexibility index (Phi) is 5.34. The average Bonchev–Trinajstić information content (AvgIpc) is 2.30. The summed E-state index contributed by atoms with van der Waals surface area (Å²) in [7, 11) is 0. The molecule has 21 heavy (non-hydrogen) atoms. The van der Waals surface area contributed by atoms with Gasteiger partial charge in [0, 0.05) is 11.1 Å². The number of thiocarbonyl (C=S) groups is 1. The summed E-state index contributed by atoms with van der Waals surface area (Å²) >= 11 is 4.99. The fourth-order valence-corrected chi connectivity index (χ4v) is 2.10. The van der Waals surface area contributed by atoms with Gasteiger partial charge in [-0.3, -0.25) is 4.79 Å². The van der Waals surface area contributed by atoms with E-state index in [9.17, 15) is 4.79 Å². The van der Waals surface area contributed by atoms with Crippen LogP contribution in [0.15, 0.2) is 12.1 Å². The van der Waals surface area contributed by atoms with Crippen LogP contribution in [0, 0.1) is 13.8 Å². The molecule has 0 saturated carbocycles. The van der Waals surface area contributed by atoms with Crippen LogP contribution < -0.4 is 15.8 Å². The van der Waals surface area contributed by atoms with Crippen molar-refractivity contribution in [3.05, 3.63) is 28.8 Å². The lowest BCUT2D eigenvalue weighted by Crippen LogP contribution is -2.46. The summed E-state index contributed by atoms with van der Waals surface area (Å²) in [4.78, 5) is 12.4. The molecule has 1 rings (SSSR count). The zero-order valence-corrected chi connectivity index (χ0v) is 14.4. The van der Waals surface area contributed by atoms with E-state index < -0.39 is 6.10 Å². The van der Waals surface area contributed by atoms with E-state index >= 15 is 0 Å². The van der Waals surface area contributed by atoms with Crippen LogP contribution in [0.5, 0.6) is 5.75 Å². The molecule has 0 fully saturated rings. The second-order valence-electron chi connectivity index (χ2n) is 6.30. The van der Waals surface area contributed by atoms with Crippen LogP contribution >= 0.6 is 12.2 Å². The molecule has 0 aliphatic heterocycles. The molecule has 1 amide bonds. The average molecular weight is 308 g/mol. The fourth-order valence-electron chi connectivity index (χ4n) is 1.98. The van der Waals surface area contributed by atoms with Gasteiger partial charge in [-0.15, -0.1) is 0 Å².